The number of morpholine rings is 1. The summed E-state index contributed by atoms with van der Waals surface area (Å²) < 4.78 is 5.44. The van der Waals surface area contributed by atoms with Crippen LogP contribution in [-0.4, -0.2) is 52.0 Å². The zero-order valence-corrected chi connectivity index (χ0v) is 16.4. The lowest BCUT2D eigenvalue weighted by Gasteiger charge is -2.28. The highest BCUT2D eigenvalue weighted by Crippen LogP contribution is 2.20. The molecular weight excluding hydrogens is 378 g/mol. The Morgan fingerprint density at radius 2 is 1.77 bits per heavy atom. The predicted octanol–water partition coefficient (Wildman–Crippen LogP) is 3.01. The molecule has 1 saturated heterocycles. The van der Waals surface area contributed by atoms with Gasteiger partial charge >= 0.3 is 0 Å². The first-order valence-electron chi connectivity index (χ1n) is 9.99. The van der Waals surface area contributed by atoms with Gasteiger partial charge in [0, 0.05) is 37.5 Å². The molecule has 150 valence electrons. The fraction of sp³-hybridized carbons (Fsp3) is 0.217. The number of aromatic amines is 1. The van der Waals surface area contributed by atoms with Crippen LogP contribution in [0.1, 0.15) is 27.4 Å². The van der Waals surface area contributed by atoms with E-state index in [4.69, 9.17) is 4.74 Å². The molecule has 0 amide bonds. The van der Waals surface area contributed by atoms with Crippen molar-refractivity contribution in [2.75, 3.05) is 31.2 Å². The van der Waals surface area contributed by atoms with E-state index in [0.29, 0.717) is 31.0 Å². The molecule has 7 heteroatoms. The van der Waals surface area contributed by atoms with Crippen LogP contribution in [0.15, 0.2) is 60.9 Å². The van der Waals surface area contributed by atoms with Crippen LogP contribution in [0.25, 0.3) is 11.0 Å². The Morgan fingerprint density at radius 1 is 1.00 bits per heavy atom. The Balaban J connectivity index is 1.35. The fourth-order valence-corrected chi connectivity index (χ4v) is 3.69. The minimum absolute atomic E-state index is 0.119. The maximum absolute atomic E-state index is 12.8. The number of rotatable bonds is 5. The molecule has 5 rings (SSSR count). The van der Waals surface area contributed by atoms with Crippen molar-refractivity contribution >= 4 is 22.6 Å². The summed E-state index contributed by atoms with van der Waals surface area (Å²) in [4.78, 5) is 31.6. The lowest BCUT2D eigenvalue weighted by atomic mass is 10.0. The standard InChI is InChI=1S/C23H21N5O2/c29-21(22-26-18-3-1-2-4-19(18)27-22)17-7-5-16(6-8-17)15-20-23(25-10-9-24-20)28-11-13-30-14-12-28/h1-10H,11-15H2,(H,26,27). The summed E-state index contributed by atoms with van der Waals surface area (Å²) in [5.74, 6) is 1.14. The van der Waals surface area contributed by atoms with Crippen molar-refractivity contribution in [1.29, 1.82) is 0 Å². The molecule has 0 unspecified atom stereocenters. The number of fused-ring (bicyclic) bond motifs is 1. The molecule has 0 bridgehead atoms. The summed E-state index contributed by atoms with van der Waals surface area (Å²) in [7, 11) is 0. The summed E-state index contributed by atoms with van der Waals surface area (Å²) in [6.45, 7) is 3.04. The second-order valence-electron chi connectivity index (χ2n) is 7.23. The summed E-state index contributed by atoms with van der Waals surface area (Å²) in [5, 5.41) is 0. The van der Waals surface area contributed by atoms with Crippen molar-refractivity contribution in [2.45, 2.75) is 6.42 Å². The number of hydrogen-bond donors (Lipinski definition) is 1. The number of carbonyl (C=O) groups is 1. The van der Waals surface area contributed by atoms with Gasteiger partial charge in [-0.3, -0.25) is 9.78 Å². The van der Waals surface area contributed by atoms with Gasteiger partial charge in [0.25, 0.3) is 0 Å². The summed E-state index contributed by atoms with van der Waals surface area (Å²) in [5.41, 5.74) is 4.25. The highest BCUT2D eigenvalue weighted by molar-refractivity contribution is 6.07. The molecule has 7 nitrogen and oxygen atoms in total. The van der Waals surface area contributed by atoms with E-state index in [2.05, 4.69) is 24.8 Å². The van der Waals surface area contributed by atoms with Crippen LogP contribution in [0.2, 0.25) is 0 Å². The van der Waals surface area contributed by atoms with E-state index >= 15 is 0 Å². The Bertz CT molecular complexity index is 1150. The van der Waals surface area contributed by atoms with Crippen LogP contribution in [0.3, 0.4) is 0 Å². The summed E-state index contributed by atoms with van der Waals surface area (Å²) in [6, 6.07) is 15.2. The van der Waals surface area contributed by atoms with Crippen LogP contribution < -0.4 is 4.90 Å². The molecule has 30 heavy (non-hydrogen) atoms. The molecule has 3 heterocycles. The number of ether oxygens (including phenoxy) is 1. The van der Waals surface area contributed by atoms with Gasteiger partial charge in [-0.25, -0.2) is 9.97 Å². The molecule has 1 fully saturated rings. The maximum atomic E-state index is 12.8. The normalized spacial score (nSPS) is 14.2. The first kappa shape index (κ1) is 18.4. The predicted molar refractivity (Wildman–Crippen MR) is 114 cm³/mol. The third-order valence-corrected chi connectivity index (χ3v) is 5.25. The Hall–Kier alpha value is -3.58. The van der Waals surface area contributed by atoms with Gasteiger partial charge in [-0.05, 0) is 17.7 Å². The van der Waals surface area contributed by atoms with E-state index in [0.717, 1.165) is 41.2 Å². The lowest BCUT2D eigenvalue weighted by Crippen LogP contribution is -2.37. The van der Waals surface area contributed by atoms with Crippen molar-refractivity contribution in [2.24, 2.45) is 0 Å². The molecular formula is C23H21N5O2. The molecule has 2 aromatic heterocycles. The minimum atomic E-state index is -0.119. The fourth-order valence-electron chi connectivity index (χ4n) is 3.69. The van der Waals surface area contributed by atoms with E-state index < -0.39 is 0 Å². The van der Waals surface area contributed by atoms with Crippen molar-refractivity contribution in [3.05, 3.63) is 83.6 Å². The van der Waals surface area contributed by atoms with Crippen molar-refractivity contribution in [3.63, 3.8) is 0 Å². The largest absolute Gasteiger partial charge is 0.378 e. The Kier molecular flexibility index (Phi) is 4.94. The topological polar surface area (TPSA) is 84.0 Å². The highest BCUT2D eigenvalue weighted by Gasteiger charge is 2.18. The first-order valence-corrected chi connectivity index (χ1v) is 9.99. The molecule has 0 saturated carbocycles. The Morgan fingerprint density at radius 3 is 2.57 bits per heavy atom. The quantitative estimate of drug-likeness (QED) is 0.520. The van der Waals surface area contributed by atoms with Crippen LogP contribution >= 0.6 is 0 Å². The van der Waals surface area contributed by atoms with Gasteiger partial charge in [-0.15, -0.1) is 0 Å². The number of benzene rings is 2. The average molecular weight is 399 g/mol. The second kappa shape index (κ2) is 8.04. The summed E-state index contributed by atoms with van der Waals surface area (Å²) in [6.07, 6.45) is 4.10. The number of aromatic nitrogens is 4. The minimum Gasteiger partial charge on any atom is -0.378 e. The third-order valence-electron chi connectivity index (χ3n) is 5.25. The molecule has 0 radical (unpaired) electrons. The molecule has 0 spiro atoms. The first-order chi connectivity index (χ1) is 14.8. The number of anilines is 1. The number of para-hydroxylation sites is 2. The number of carbonyl (C=O) groups excluding carboxylic acids is 1. The van der Waals surface area contributed by atoms with Gasteiger partial charge in [-0.1, -0.05) is 36.4 Å². The smallest absolute Gasteiger partial charge is 0.228 e. The number of hydrogen-bond acceptors (Lipinski definition) is 6. The van der Waals surface area contributed by atoms with Crippen molar-refractivity contribution in [3.8, 4) is 0 Å². The molecule has 2 aromatic carbocycles. The van der Waals surface area contributed by atoms with Crippen molar-refractivity contribution < 1.29 is 9.53 Å². The number of nitrogens with zero attached hydrogens (tertiary/aromatic N) is 4. The van der Waals surface area contributed by atoms with Gasteiger partial charge in [0.15, 0.2) is 11.6 Å². The average Bonchev–Trinajstić information content (AvgIpc) is 3.24. The zero-order valence-electron chi connectivity index (χ0n) is 16.4. The summed E-state index contributed by atoms with van der Waals surface area (Å²) >= 11 is 0. The van der Waals surface area contributed by atoms with E-state index in [9.17, 15) is 4.79 Å². The van der Waals surface area contributed by atoms with E-state index in [1.165, 1.54) is 0 Å². The molecule has 1 N–H and O–H groups in total. The zero-order chi connectivity index (χ0) is 20.3. The SMILES string of the molecule is O=C(c1ccc(Cc2nccnc2N2CCOCC2)cc1)c1nc2ccccc2[nH]1. The second-order valence-corrected chi connectivity index (χ2v) is 7.23. The monoisotopic (exact) mass is 399 g/mol. The van der Waals surface area contributed by atoms with E-state index in [-0.39, 0.29) is 5.78 Å². The lowest BCUT2D eigenvalue weighted by molar-refractivity contribution is 0.103. The van der Waals surface area contributed by atoms with Gasteiger partial charge < -0.3 is 14.6 Å². The van der Waals surface area contributed by atoms with Gasteiger partial charge in [0.1, 0.15) is 0 Å². The number of imidazole rings is 1. The molecule has 0 aliphatic carbocycles. The van der Waals surface area contributed by atoms with Gasteiger partial charge in [-0.2, -0.15) is 0 Å². The number of ketones is 1. The number of H-pyrrole nitrogens is 1. The van der Waals surface area contributed by atoms with E-state index in [1.54, 1.807) is 12.4 Å². The molecule has 0 atom stereocenters. The van der Waals surface area contributed by atoms with E-state index in [1.807, 2.05) is 48.5 Å². The van der Waals surface area contributed by atoms with Gasteiger partial charge in [0.2, 0.25) is 5.78 Å². The van der Waals surface area contributed by atoms with Crippen LogP contribution in [0.5, 0.6) is 0 Å². The third kappa shape index (κ3) is 3.67. The molecule has 4 aromatic rings. The van der Waals surface area contributed by atoms with Gasteiger partial charge in [0.05, 0.1) is 29.9 Å². The van der Waals surface area contributed by atoms with Crippen LogP contribution in [0, 0.1) is 0 Å². The molecule has 1 aliphatic rings. The van der Waals surface area contributed by atoms with Crippen LogP contribution in [0.4, 0.5) is 5.82 Å². The maximum Gasteiger partial charge on any atom is 0.228 e. The Labute approximate surface area is 173 Å². The van der Waals surface area contributed by atoms with Crippen molar-refractivity contribution in [1.82, 2.24) is 19.9 Å². The van der Waals surface area contributed by atoms with Crippen LogP contribution in [-0.2, 0) is 11.2 Å². The molecule has 1 aliphatic heterocycles. The number of nitrogens with one attached hydrogen (secondary N) is 1. The highest BCUT2D eigenvalue weighted by atomic mass is 16.5.